The van der Waals surface area contributed by atoms with Gasteiger partial charge < -0.3 is 9.80 Å². The number of halogens is 1. The number of rotatable bonds is 2. The Bertz CT molecular complexity index is 1200. The fraction of sp³-hybridized carbons (Fsp3) is 0.238. The minimum atomic E-state index is 0.0162. The average Bonchev–Trinajstić information content (AvgIpc) is 3.17. The molecular weight excluding hydrogens is 406 g/mol. The summed E-state index contributed by atoms with van der Waals surface area (Å²) in [6, 6.07) is 11.3. The highest BCUT2D eigenvalue weighted by Crippen LogP contribution is 2.28. The third kappa shape index (κ3) is 3.41. The molecule has 0 unspecified atom stereocenters. The largest absolute Gasteiger partial charge is 0.344 e. The Kier molecular flexibility index (Phi) is 4.56. The number of hydrogen-bond acceptors (Lipinski definition) is 6. The third-order valence-electron chi connectivity index (χ3n) is 5.19. The van der Waals surface area contributed by atoms with Crippen LogP contribution >= 0.6 is 22.9 Å². The van der Waals surface area contributed by atoms with Crippen LogP contribution in [0.1, 0.15) is 16.1 Å². The van der Waals surface area contributed by atoms with Crippen molar-refractivity contribution in [3.8, 4) is 0 Å². The average molecular weight is 424 g/mol. The number of piperazine rings is 1. The normalized spacial score (nSPS) is 14.7. The van der Waals surface area contributed by atoms with Crippen LogP contribution in [0.4, 0.5) is 5.13 Å². The van der Waals surface area contributed by atoms with Gasteiger partial charge in [-0.25, -0.2) is 9.97 Å². The summed E-state index contributed by atoms with van der Waals surface area (Å²) in [5.41, 5.74) is 3.14. The molecule has 29 heavy (non-hydrogen) atoms. The van der Waals surface area contributed by atoms with E-state index >= 15 is 0 Å². The number of carbonyl (C=O) groups is 1. The molecule has 1 aliphatic rings. The number of thiazole rings is 1. The molecule has 6 nitrogen and oxygen atoms in total. The Morgan fingerprint density at radius 1 is 1.07 bits per heavy atom. The molecule has 4 aromatic rings. The number of anilines is 1. The number of amides is 1. The highest BCUT2D eigenvalue weighted by molar-refractivity contribution is 7.21. The maximum absolute atomic E-state index is 13.1. The van der Waals surface area contributed by atoms with Crippen molar-refractivity contribution in [3.05, 3.63) is 58.9 Å². The van der Waals surface area contributed by atoms with Gasteiger partial charge in [-0.15, -0.1) is 0 Å². The zero-order chi connectivity index (χ0) is 20.0. The van der Waals surface area contributed by atoms with Crippen molar-refractivity contribution < 1.29 is 4.79 Å². The quantitative estimate of drug-likeness (QED) is 0.484. The number of carbonyl (C=O) groups excluding carboxylic acids is 1. The summed E-state index contributed by atoms with van der Waals surface area (Å²) < 4.78 is 0. The van der Waals surface area contributed by atoms with E-state index in [1.807, 2.05) is 48.2 Å². The van der Waals surface area contributed by atoms with Crippen LogP contribution in [0.2, 0.25) is 5.02 Å². The van der Waals surface area contributed by atoms with Crippen molar-refractivity contribution in [2.45, 2.75) is 6.92 Å². The molecule has 0 radical (unpaired) electrons. The topological polar surface area (TPSA) is 62.2 Å². The van der Waals surface area contributed by atoms with Gasteiger partial charge in [-0.05, 0) is 43.3 Å². The molecule has 0 aliphatic carbocycles. The van der Waals surface area contributed by atoms with Gasteiger partial charge in [0.05, 0.1) is 16.8 Å². The van der Waals surface area contributed by atoms with Crippen LogP contribution in [0.3, 0.4) is 0 Å². The highest BCUT2D eigenvalue weighted by Gasteiger charge is 2.25. The standard InChI is InChI=1S/C21H18ClN5OS/c1-13-16(12-14-11-15(22)4-5-17(14)24-13)20(28)26-7-9-27(10-8-26)21-25-18-3-2-6-23-19(18)29-21/h2-6,11-12H,7-10H2,1H3. The first-order chi connectivity index (χ1) is 14.1. The van der Waals surface area contributed by atoms with Crippen LogP contribution in [-0.4, -0.2) is 51.9 Å². The maximum Gasteiger partial charge on any atom is 0.255 e. The number of nitrogens with zero attached hydrogens (tertiary/aromatic N) is 5. The number of aryl methyl sites for hydroxylation is 1. The molecule has 0 bridgehead atoms. The lowest BCUT2D eigenvalue weighted by Gasteiger charge is -2.34. The van der Waals surface area contributed by atoms with E-state index in [0.717, 1.165) is 45.2 Å². The Hall–Kier alpha value is -2.77. The lowest BCUT2D eigenvalue weighted by Crippen LogP contribution is -2.49. The van der Waals surface area contributed by atoms with Crippen LogP contribution in [0.5, 0.6) is 0 Å². The minimum Gasteiger partial charge on any atom is -0.344 e. The number of fused-ring (bicyclic) bond motifs is 2. The summed E-state index contributed by atoms with van der Waals surface area (Å²) in [5, 5.41) is 2.48. The van der Waals surface area contributed by atoms with E-state index in [2.05, 4.69) is 19.9 Å². The molecule has 0 saturated carbocycles. The second kappa shape index (κ2) is 7.24. The second-order valence-corrected chi connectivity index (χ2v) is 8.45. The molecule has 1 aromatic carbocycles. The Balaban J connectivity index is 1.34. The molecule has 5 rings (SSSR count). The van der Waals surface area contributed by atoms with E-state index in [1.165, 1.54) is 0 Å². The Morgan fingerprint density at radius 3 is 2.69 bits per heavy atom. The molecule has 0 N–H and O–H groups in total. The summed E-state index contributed by atoms with van der Waals surface area (Å²) in [5.74, 6) is 0.0162. The Labute approximate surface area is 176 Å². The van der Waals surface area contributed by atoms with Gasteiger partial charge in [0, 0.05) is 42.8 Å². The van der Waals surface area contributed by atoms with Gasteiger partial charge in [0.2, 0.25) is 0 Å². The van der Waals surface area contributed by atoms with Gasteiger partial charge in [0.25, 0.3) is 5.91 Å². The number of benzene rings is 1. The van der Waals surface area contributed by atoms with Crippen molar-refractivity contribution in [1.82, 2.24) is 19.9 Å². The first kappa shape index (κ1) is 18.3. The summed E-state index contributed by atoms with van der Waals surface area (Å²) >= 11 is 7.70. The van der Waals surface area contributed by atoms with E-state index in [0.29, 0.717) is 23.7 Å². The van der Waals surface area contributed by atoms with E-state index < -0.39 is 0 Å². The predicted molar refractivity (Wildman–Crippen MR) is 117 cm³/mol. The van der Waals surface area contributed by atoms with Crippen LogP contribution < -0.4 is 4.90 Å². The number of pyridine rings is 2. The molecule has 146 valence electrons. The third-order valence-corrected chi connectivity index (χ3v) is 6.47. The molecule has 1 fully saturated rings. The predicted octanol–water partition coefficient (Wildman–Crippen LogP) is 4.16. The van der Waals surface area contributed by atoms with Gasteiger partial charge in [-0.1, -0.05) is 22.9 Å². The second-order valence-electron chi connectivity index (χ2n) is 7.06. The lowest BCUT2D eigenvalue weighted by molar-refractivity contribution is 0.0745. The molecule has 1 amide bonds. The van der Waals surface area contributed by atoms with Crippen molar-refractivity contribution in [2.75, 3.05) is 31.1 Å². The van der Waals surface area contributed by atoms with Crippen LogP contribution in [0.25, 0.3) is 21.3 Å². The van der Waals surface area contributed by atoms with Crippen molar-refractivity contribution in [3.63, 3.8) is 0 Å². The van der Waals surface area contributed by atoms with E-state index in [4.69, 9.17) is 11.6 Å². The van der Waals surface area contributed by atoms with E-state index in [1.54, 1.807) is 17.5 Å². The summed E-state index contributed by atoms with van der Waals surface area (Å²) in [6.45, 7) is 4.67. The highest BCUT2D eigenvalue weighted by atomic mass is 35.5. The monoisotopic (exact) mass is 423 g/mol. The minimum absolute atomic E-state index is 0.0162. The molecule has 3 aromatic heterocycles. The van der Waals surface area contributed by atoms with E-state index in [9.17, 15) is 4.79 Å². The maximum atomic E-state index is 13.1. The van der Waals surface area contributed by atoms with Crippen LogP contribution in [-0.2, 0) is 0 Å². The lowest BCUT2D eigenvalue weighted by atomic mass is 10.1. The number of hydrogen-bond donors (Lipinski definition) is 0. The van der Waals surface area contributed by atoms with Crippen molar-refractivity contribution in [1.29, 1.82) is 0 Å². The van der Waals surface area contributed by atoms with Gasteiger partial charge in [-0.3, -0.25) is 9.78 Å². The zero-order valence-corrected chi connectivity index (χ0v) is 17.4. The Morgan fingerprint density at radius 2 is 1.90 bits per heavy atom. The van der Waals surface area contributed by atoms with Crippen molar-refractivity contribution in [2.24, 2.45) is 0 Å². The molecule has 1 saturated heterocycles. The fourth-order valence-corrected chi connectivity index (χ4v) is 4.77. The van der Waals surface area contributed by atoms with Gasteiger partial charge >= 0.3 is 0 Å². The van der Waals surface area contributed by atoms with Gasteiger partial charge in [0.15, 0.2) is 5.13 Å². The SMILES string of the molecule is Cc1nc2ccc(Cl)cc2cc1C(=O)N1CCN(c2nc3cccnc3s2)CC1. The first-order valence-electron chi connectivity index (χ1n) is 9.41. The van der Waals surface area contributed by atoms with Crippen molar-refractivity contribution >= 4 is 55.2 Å². The fourth-order valence-electron chi connectivity index (χ4n) is 3.62. The molecule has 8 heteroatoms. The summed E-state index contributed by atoms with van der Waals surface area (Å²) in [4.78, 5) is 31.8. The molecule has 0 spiro atoms. The smallest absolute Gasteiger partial charge is 0.255 e. The van der Waals surface area contributed by atoms with Gasteiger partial charge in [0.1, 0.15) is 10.3 Å². The van der Waals surface area contributed by atoms with E-state index in [-0.39, 0.29) is 5.91 Å². The zero-order valence-electron chi connectivity index (χ0n) is 15.8. The molecule has 1 aliphatic heterocycles. The summed E-state index contributed by atoms with van der Waals surface area (Å²) in [7, 11) is 0. The molecule has 4 heterocycles. The van der Waals surface area contributed by atoms with Gasteiger partial charge in [-0.2, -0.15) is 0 Å². The summed E-state index contributed by atoms with van der Waals surface area (Å²) in [6.07, 6.45) is 1.79. The molecular formula is C21H18ClN5OS. The molecule has 0 atom stereocenters. The van der Waals surface area contributed by atoms with Crippen LogP contribution in [0, 0.1) is 6.92 Å². The number of aromatic nitrogens is 3. The van der Waals surface area contributed by atoms with Crippen LogP contribution in [0.15, 0.2) is 42.6 Å². The first-order valence-corrected chi connectivity index (χ1v) is 10.6.